The van der Waals surface area contributed by atoms with E-state index >= 15 is 0 Å². The maximum Gasteiger partial charge on any atom is 0.0618 e. The van der Waals surface area contributed by atoms with E-state index in [1.807, 2.05) is 13.8 Å². The number of nitrogens with zero attached hydrogens (tertiary/aromatic N) is 3. The van der Waals surface area contributed by atoms with Crippen LogP contribution >= 0.6 is 0 Å². The molecule has 0 unspecified atom stereocenters. The normalized spacial score (nSPS) is 10.1. The second-order valence-corrected chi connectivity index (χ2v) is 2.00. The monoisotopic (exact) mass is 127 g/mol. The van der Waals surface area contributed by atoms with Gasteiger partial charge in [-0.2, -0.15) is 5.11 Å². The third-order valence-corrected chi connectivity index (χ3v) is 0.632. The molecular weight excluding hydrogens is 114 g/mol. The van der Waals surface area contributed by atoms with Gasteiger partial charge in [-0.05, 0) is 25.5 Å². The first-order valence-electron chi connectivity index (χ1n) is 3.15. The zero-order valence-corrected chi connectivity index (χ0v) is 6.26. The van der Waals surface area contributed by atoms with E-state index in [2.05, 4.69) is 22.4 Å². The molecule has 9 heavy (non-hydrogen) atoms. The van der Waals surface area contributed by atoms with Gasteiger partial charge in [0, 0.05) is 5.71 Å². The van der Waals surface area contributed by atoms with E-state index < -0.39 is 0 Å². The zero-order valence-electron chi connectivity index (χ0n) is 6.26. The molecule has 0 spiro atoms. The van der Waals surface area contributed by atoms with E-state index in [0.717, 1.165) is 18.7 Å². The Balaban J connectivity index is 3.35. The van der Waals surface area contributed by atoms with Crippen molar-refractivity contribution < 1.29 is 0 Å². The van der Waals surface area contributed by atoms with E-state index in [4.69, 9.17) is 0 Å². The Labute approximate surface area is 55.9 Å². The van der Waals surface area contributed by atoms with Crippen LogP contribution < -0.4 is 0 Å². The molecule has 0 radical (unpaired) electrons. The van der Waals surface area contributed by atoms with Crippen LogP contribution in [0.1, 0.15) is 27.2 Å². The average Bonchev–Trinajstić information content (AvgIpc) is 1.80. The number of hydrogen-bond acceptors (Lipinski definition) is 2. The Morgan fingerprint density at radius 1 is 1.33 bits per heavy atom. The third-order valence-electron chi connectivity index (χ3n) is 0.632. The molecule has 0 saturated heterocycles. The van der Waals surface area contributed by atoms with Crippen molar-refractivity contribution in [2.24, 2.45) is 15.4 Å². The summed E-state index contributed by atoms with van der Waals surface area (Å²) in [5.41, 5.74) is 0.940. The molecule has 0 aliphatic heterocycles. The predicted molar refractivity (Wildman–Crippen MR) is 38.8 cm³/mol. The molecule has 0 rings (SSSR count). The van der Waals surface area contributed by atoms with Crippen molar-refractivity contribution in [1.82, 2.24) is 0 Å². The summed E-state index contributed by atoms with van der Waals surface area (Å²) in [6.45, 7) is 6.62. The number of rotatable bonds is 3. The van der Waals surface area contributed by atoms with Crippen molar-refractivity contribution in [2.75, 3.05) is 6.54 Å². The molecule has 0 aliphatic carbocycles. The van der Waals surface area contributed by atoms with E-state index in [1.54, 1.807) is 0 Å². The standard InChI is InChI=1S/C6H13N3/c1-4-5-7-9-8-6(2)3/h4-5H2,1-3H3/b9-7-. The molecule has 52 valence electrons. The highest BCUT2D eigenvalue weighted by Gasteiger charge is 1.73. The molecular formula is C6H13N3. The lowest BCUT2D eigenvalue weighted by atomic mass is 10.5. The van der Waals surface area contributed by atoms with Crippen LogP contribution in [0.4, 0.5) is 0 Å². The molecule has 0 atom stereocenters. The van der Waals surface area contributed by atoms with Gasteiger partial charge in [0.25, 0.3) is 0 Å². The van der Waals surface area contributed by atoms with Crippen molar-refractivity contribution in [1.29, 1.82) is 0 Å². The maximum atomic E-state index is 3.77. The largest absolute Gasteiger partial charge is 0.169 e. The summed E-state index contributed by atoms with van der Waals surface area (Å²) in [7, 11) is 0. The smallest absolute Gasteiger partial charge is 0.0618 e. The van der Waals surface area contributed by atoms with Gasteiger partial charge < -0.3 is 0 Å². The Bertz CT molecular complexity index is 111. The van der Waals surface area contributed by atoms with Crippen LogP contribution in [0, 0.1) is 0 Å². The van der Waals surface area contributed by atoms with E-state index in [-0.39, 0.29) is 0 Å². The molecule has 3 heteroatoms. The maximum absolute atomic E-state index is 3.77. The minimum atomic E-state index is 0.775. The Morgan fingerprint density at radius 2 is 2.00 bits per heavy atom. The minimum absolute atomic E-state index is 0.775. The van der Waals surface area contributed by atoms with Gasteiger partial charge in [-0.3, -0.25) is 0 Å². The molecule has 0 saturated carbocycles. The lowest BCUT2D eigenvalue weighted by molar-refractivity contribution is 0.839. The molecule has 3 nitrogen and oxygen atoms in total. The number of hydrogen-bond donors (Lipinski definition) is 0. The quantitative estimate of drug-likeness (QED) is 0.317. The summed E-state index contributed by atoms with van der Waals surface area (Å²) < 4.78 is 0. The first-order valence-corrected chi connectivity index (χ1v) is 3.15. The lowest BCUT2D eigenvalue weighted by Crippen LogP contribution is -1.76. The molecule has 0 aromatic heterocycles. The third kappa shape index (κ3) is 7.27. The zero-order chi connectivity index (χ0) is 7.11. The molecule has 0 aliphatic rings. The molecule has 0 bridgehead atoms. The van der Waals surface area contributed by atoms with Gasteiger partial charge in [-0.15, -0.1) is 5.10 Å². The summed E-state index contributed by atoms with van der Waals surface area (Å²) >= 11 is 0. The van der Waals surface area contributed by atoms with Crippen molar-refractivity contribution in [3.63, 3.8) is 0 Å². The van der Waals surface area contributed by atoms with Crippen LogP contribution in [-0.4, -0.2) is 12.3 Å². The highest BCUT2D eigenvalue weighted by atomic mass is 15.4. The van der Waals surface area contributed by atoms with Crippen LogP contribution in [-0.2, 0) is 0 Å². The fourth-order valence-corrected chi connectivity index (χ4v) is 0.266. The van der Waals surface area contributed by atoms with Crippen LogP contribution in [0.15, 0.2) is 15.4 Å². The fraction of sp³-hybridized carbons (Fsp3) is 0.833. The summed E-state index contributed by atoms with van der Waals surface area (Å²) in [6, 6.07) is 0. The van der Waals surface area contributed by atoms with E-state index in [0.29, 0.717) is 0 Å². The fourth-order valence-electron chi connectivity index (χ4n) is 0.266. The van der Waals surface area contributed by atoms with Crippen LogP contribution in [0.25, 0.3) is 0 Å². The van der Waals surface area contributed by atoms with Crippen molar-refractivity contribution >= 4 is 5.71 Å². The SMILES string of the molecule is CCC/N=N\N=C(C)C. The molecule has 0 aromatic carbocycles. The van der Waals surface area contributed by atoms with Crippen LogP contribution in [0.5, 0.6) is 0 Å². The Morgan fingerprint density at radius 3 is 2.44 bits per heavy atom. The van der Waals surface area contributed by atoms with Gasteiger partial charge in [-0.1, -0.05) is 6.92 Å². The van der Waals surface area contributed by atoms with Gasteiger partial charge in [-0.25, -0.2) is 0 Å². The highest BCUT2D eigenvalue weighted by Crippen LogP contribution is 1.82. The van der Waals surface area contributed by atoms with Gasteiger partial charge in [0.1, 0.15) is 0 Å². The predicted octanol–water partition coefficient (Wildman–Crippen LogP) is 2.24. The van der Waals surface area contributed by atoms with E-state index in [1.165, 1.54) is 0 Å². The average molecular weight is 127 g/mol. The van der Waals surface area contributed by atoms with Gasteiger partial charge in [0.15, 0.2) is 0 Å². The molecule has 0 N–H and O–H groups in total. The summed E-state index contributed by atoms with van der Waals surface area (Å²) in [4.78, 5) is 0. The van der Waals surface area contributed by atoms with Crippen molar-refractivity contribution in [3.05, 3.63) is 0 Å². The van der Waals surface area contributed by atoms with Crippen molar-refractivity contribution in [3.8, 4) is 0 Å². The Kier molecular flexibility index (Phi) is 4.97. The second kappa shape index (κ2) is 5.41. The second-order valence-electron chi connectivity index (χ2n) is 2.00. The molecule has 0 amide bonds. The topological polar surface area (TPSA) is 37.1 Å². The lowest BCUT2D eigenvalue weighted by Gasteiger charge is -1.81. The minimum Gasteiger partial charge on any atom is -0.169 e. The van der Waals surface area contributed by atoms with Gasteiger partial charge >= 0.3 is 0 Å². The summed E-state index contributed by atoms with van der Waals surface area (Å²) in [5, 5.41) is 11.1. The first kappa shape index (κ1) is 8.27. The summed E-state index contributed by atoms with van der Waals surface area (Å²) in [5.74, 6) is 0. The molecule has 0 heterocycles. The van der Waals surface area contributed by atoms with Gasteiger partial charge in [0.2, 0.25) is 0 Å². The Hall–Kier alpha value is -0.730. The molecule has 0 fully saturated rings. The van der Waals surface area contributed by atoms with Gasteiger partial charge in [0.05, 0.1) is 6.54 Å². The van der Waals surface area contributed by atoms with E-state index in [9.17, 15) is 0 Å². The highest BCUT2D eigenvalue weighted by molar-refractivity contribution is 5.78. The van der Waals surface area contributed by atoms with Crippen LogP contribution in [0.2, 0.25) is 0 Å². The molecule has 0 aromatic rings. The first-order chi connectivity index (χ1) is 4.27. The summed E-state index contributed by atoms with van der Waals surface area (Å²) in [6.07, 6.45) is 1.03. The van der Waals surface area contributed by atoms with Crippen molar-refractivity contribution in [2.45, 2.75) is 27.2 Å². The van der Waals surface area contributed by atoms with Crippen LogP contribution in [0.3, 0.4) is 0 Å².